The zero-order valence-electron chi connectivity index (χ0n) is 29.3. The van der Waals surface area contributed by atoms with E-state index < -0.39 is 0 Å². The maximum absolute atomic E-state index is 5.92. The number of ether oxygens (including phenoxy) is 2. The van der Waals surface area contributed by atoms with Gasteiger partial charge in [-0.05, 0) is 107 Å². The van der Waals surface area contributed by atoms with Crippen LogP contribution in [-0.4, -0.2) is 13.2 Å². The number of unbranched alkanes of at least 4 members (excludes halogenated alkanes) is 6. The van der Waals surface area contributed by atoms with E-state index in [1.165, 1.54) is 83.0 Å². The Morgan fingerprint density at radius 3 is 1.08 bits per heavy atom. The second-order valence-electron chi connectivity index (χ2n) is 13.1. The minimum Gasteiger partial charge on any atom is -0.494 e. The van der Waals surface area contributed by atoms with Crippen LogP contribution in [0.2, 0.25) is 0 Å². The standard InChI is InChI=1S/C46H54O2/c1-3-5-7-9-34-47-45-30-26-43(27-31-45)41-22-18-37(19-23-41)14-16-39-12-11-13-40(36-39)17-15-38-20-24-42(25-21-38)44-28-32-46(33-29-44)48-35-10-8-6-4-2/h11-13,18-33,36H,3-10,14-17,34-35H2,1-2H3. The van der Waals surface area contributed by atoms with Gasteiger partial charge < -0.3 is 9.47 Å². The molecule has 0 aromatic heterocycles. The molecule has 0 aliphatic carbocycles. The third-order valence-corrected chi connectivity index (χ3v) is 9.21. The highest BCUT2D eigenvalue weighted by Crippen LogP contribution is 2.25. The van der Waals surface area contributed by atoms with Crippen LogP contribution in [0.25, 0.3) is 22.3 Å². The van der Waals surface area contributed by atoms with Crippen LogP contribution in [0.5, 0.6) is 11.5 Å². The van der Waals surface area contributed by atoms with Gasteiger partial charge in [0.15, 0.2) is 0 Å². The maximum Gasteiger partial charge on any atom is 0.119 e. The minimum absolute atomic E-state index is 0.803. The summed E-state index contributed by atoms with van der Waals surface area (Å²) in [4.78, 5) is 0. The highest BCUT2D eigenvalue weighted by atomic mass is 16.5. The molecule has 0 radical (unpaired) electrons. The topological polar surface area (TPSA) is 18.5 Å². The molecule has 0 bridgehead atoms. The smallest absolute Gasteiger partial charge is 0.119 e. The summed E-state index contributed by atoms with van der Waals surface area (Å²) in [5, 5.41) is 0. The molecule has 5 rings (SSSR count). The molecule has 0 atom stereocenters. The average Bonchev–Trinajstić information content (AvgIpc) is 3.14. The molecular formula is C46H54O2. The lowest BCUT2D eigenvalue weighted by atomic mass is 9.97. The van der Waals surface area contributed by atoms with E-state index in [2.05, 4.69) is 135 Å². The molecule has 5 aromatic rings. The molecule has 0 aliphatic rings. The summed E-state index contributed by atoms with van der Waals surface area (Å²) in [5.41, 5.74) is 10.5. The molecule has 0 aliphatic heterocycles. The fraction of sp³-hybridized carbons (Fsp3) is 0.348. The fourth-order valence-corrected chi connectivity index (χ4v) is 6.17. The van der Waals surface area contributed by atoms with E-state index in [1.807, 2.05) is 0 Å². The van der Waals surface area contributed by atoms with Gasteiger partial charge in [-0.3, -0.25) is 0 Å². The Bertz CT molecular complexity index is 1480. The lowest BCUT2D eigenvalue weighted by molar-refractivity contribution is 0.305. The van der Waals surface area contributed by atoms with Crippen LogP contribution in [0.3, 0.4) is 0 Å². The van der Waals surface area contributed by atoms with Crippen molar-refractivity contribution in [1.82, 2.24) is 0 Å². The van der Waals surface area contributed by atoms with Crippen molar-refractivity contribution < 1.29 is 9.47 Å². The van der Waals surface area contributed by atoms with Gasteiger partial charge in [0.1, 0.15) is 11.5 Å². The Hall–Kier alpha value is -4.30. The Balaban J connectivity index is 1.05. The molecule has 250 valence electrons. The van der Waals surface area contributed by atoms with Gasteiger partial charge in [0.05, 0.1) is 13.2 Å². The molecule has 0 heterocycles. The second-order valence-corrected chi connectivity index (χ2v) is 13.1. The second kappa shape index (κ2) is 19.5. The van der Waals surface area contributed by atoms with Crippen molar-refractivity contribution in [2.75, 3.05) is 13.2 Å². The quantitative estimate of drug-likeness (QED) is 0.0790. The van der Waals surface area contributed by atoms with Crippen LogP contribution in [0.15, 0.2) is 121 Å². The molecule has 0 unspecified atom stereocenters. The molecule has 0 amide bonds. The van der Waals surface area contributed by atoms with E-state index in [4.69, 9.17) is 9.47 Å². The van der Waals surface area contributed by atoms with Gasteiger partial charge in [-0.1, -0.05) is 149 Å². The number of aryl methyl sites for hydroxylation is 4. The van der Waals surface area contributed by atoms with Crippen LogP contribution in [0.4, 0.5) is 0 Å². The van der Waals surface area contributed by atoms with E-state index in [-0.39, 0.29) is 0 Å². The van der Waals surface area contributed by atoms with E-state index in [1.54, 1.807) is 0 Å². The van der Waals surface area contributed by atoms with Crippen molar-refractivity contribution in [2.45, 2.75) is 90.9 Å². The monoisotopic (exact) mass is 638 g/mol. The van der Waals surface area contributed by atoms with Gasteiger partial charge in [0.2, 0.25) is 0 Å². The largest absolute Gasteiger partial charge is 0.494 e. The first-order valence-electron chi connectivity index (χ1n) is 18.4. The SMILES string of the molecule is CCCCCCOc1ccc(-c2ccc(CCc3cccc(CCc4ccc(-c5ccc(OCCCCCC)cc5)cc4)c3)cc2)cc1. The third kappa shape index (κ3) is 11.4. The fourth-order valence-electron chi connectivity index (χ4n) is 6.17. The van der Waals surface area contributed by atoms with Crippen LogP contribution in [0, 0.1) is 0 Å². The zero-order valence-corrected chi connectivity index (χ0v) is 29.3. The van der Waals surface area contributed by atoms with Gasteiger partial charge >= 0.3 is 0 Å². The van der Waals surface area contributed by atoms with Crippen molar-refractivity contribution in [2.24, 2.45) is 0 Å². The highest BCUT2D eigenvalue weighted by molar-refractivity contribution is 5.65. The number of benzene rings is 5. The Morgan fingerprint density at radius 2 is 0.708 bits per heavy atom. The van der Waals surface area contributed by atoms with Crippen molar-refractivity contribution in [3.05, 3.63) is 144 Å². The van der Waals surface area contributed by atoms with Gasteiger partial charge in [0, 0.05) is 0 Å². The summed E-state index contributed by atoms with van der Waals surface area (Å²) in [7, 11) is 0. The lowest BCUT2D eigenvalue weighted by Gasteiger charge is -2.09. The molecule has 2 nitrogen and oxygen atoms in total. The van der Waals surface area contributed by atoms with Crippen LogP contribution in [0.1, 0.15) is 87.5 Å². The summed E-state index contributed by atoms with van der Waals surface area (Å²) in [6, 6.07) is 44.3. The van der Waals surface area contributed by atoms with E-state index in [9.17, 15) is 0 Å². The molecular weight excluding hydrogens is 585 g/mol. The summed E-state index contributed by atoms with van der Waals surface area (Å²) in [5.74, 6) is 1.92. The van der Waals surface area contributed by atoms with Crippen molar-refractivity contribution in [1.29, 1.82) is 0 Å². The maximum atomic E-state index is 5.92. The first-order valence-corrected chi connectivity index (χ1v) is 18.4. The first-order chi connectivity index (χ1) is 23.7. The van der Waals surface area contributed by atoms with Gasteiger partial charge in [0.25, 0.3) is 0 Å². The molecule has 0 saturated heterocycles. The van der Waals surface area contributed by atoms with Crippen LogP contribution < -0.4 is 9.47 Å². The lowest BCUT2D eigenvalue weighted by Crippen LogP contribution is -1.97. The molecule has 0 saturated carbocycles. The summed E-state index contributed by atoms with van der Waals surface area (Å²) in [6.07, 6.45) is 14.0. The van der Waals surface area contributed by atoms with Crippen molar-refractivity contribution in [3.8, 4) is 33.8 Å². The Labute approximate surface area is 290 Å². The molecule has 5 aromatic carbocycles. The van der Waals surface area contributed by atoms with Crippen LogP contribution >= 0.6 is 0 Å². The molecule has 0 fully saturated rings. The zero-order chi connectivity index (χ0) is 33.2. The summed E-state index contributed by atoms with van der Waals surface area (Å²) < 4.78 is 11.8. The van der Waals surface area contributed by atoms with E-state index >= 15 is 0 Å². The molecule has 0 N–H and O–H groups in total. The Morgan fingerprint density at radius 1 is 0.354 bits per heavy atom. The van der Waals surface area contributed by atoms with E-state index in [0.29, 0.717) is 0 Å². The third-order valence-electron chi connectivity index (χ3n) is 9.21. The molecule has 0 spiro atoms. The van der Waals surface area contributed by atoms with Gasteiger partial charge in [-0.15, -0.1) is 0 Å². The number of hydrogen-bond donors (Lipinski definition) is 0. The first kappa shape index (κ1) is 35.0. The predicted octanol–water partition coefficient (Wildman–Crippen LogP) is 12.5. The summed E-state index contributed by atoms with van der Waals surface area (Å²) in [6.45, 7) is 6.08. The van der Waals surface area contributed by atoms with Crippen LogP contribution in [-0.2, 0) is 25.7 Å². The normalized spacial score (nSPS) is 11.0. The highest BCUT2D eigenvalue weighted by Gasteiger charge is 2.04. The Kier molecular flexibility index (Phi) is 14.2. The molecule has 48 heavy (non-hydrogen) atoms. The average molecular weight is 639 g/mol. The van der Waals surface area contributed by atoms with Crippen molar-refractivity contribution >= 4 is 0 Å². The van der Waals surface area contributed by atoms with E-state index in [0.717, 1.165) is 63.2 Å². The van der Waals surface area contributed by atoms with Gasteiger partial charge in [-0.25, -0.2) is 0 Å². The molecule has 2 heteroatoms. The number of hydrogen-bond acceptors (Lipinski definition) is 2. The van der Waals surface area contributed by atoms with Crippen molar-refractivity contribution in [3.63, 3.8) is 0 Å². The minimum atomic E-state index is 0.803. The number of rotatable bonds is 20. The summed E-state index contributed by atoms with van der Waals surface area (Å²) >= 11 is 0. The van der Waals surface area contributed by atoms with Gasteiger partial charge in [-0.2, -0.15) is 0 Å². The predicted molar refractivity (Wildman–Crippen MR) is 204 cm³/mol.